The Morgan fingerprint density at radius 1 is 1.27 bits per heavy atom. The summed E-state index contributed by atoms with van der Waals surface area (Å²) in [5.74, 6) is 0.761. The first kappa shape index (κ1) is 10.6. The third-order valence-electron chi connectivity index (χ3n) is 1.67. The number of nitrogens with zero attached hydrogens (tertiary/aromatic N) is 3. The monoisotopic (exact) mass is 281 g/mol. The fraction of sp³-hybridized carbons (Fsp3) is 0.100. The van der Waals surface area contributed by atoms with E-state index in [2.05, 4.69) is 30.9 Å². The summed E-state index contributed by atoms with van der Waals surface area (Å²) >= 11 is 4.93. The van der Waals surface area contributed by atoms with Crippen molar-refractivity contribution in [2.45, 2.75) is 17.0 Å². The van der Waals surface area contributed by atoms with Gasteiger partial charge in [0.05, 0.1) is 4.47 Å². The van der Waals surface area contributed by atoms with Gasteiger partial charge < -0.3 is 0 Å². The van der Waals surface area contributed by atoms with Crippen molar-refractivity contribution in [2.24, 2.45) is 0 Å². The van der Waals surface area contributed by atoms with E-state index >= 15 is 0 Å². The highest BCUT2D eigenvalue weighted by Gasteiger charge is 2.05. The van der Waals surface area contributed by atoms with E-state index in [1.165, 1.54) is 11.8 Å². The first-order valence-corrected chi connectivity index (χ1v) is 5.94. The summed E-state index contributed by atoms with van der Waals surface area (Å²) in [6.45, 7) is 1.87. The molecule has 76 valence electrons. The molecule has 0 saturated carbocycles. The van der Waals surface area contributed by atoms with Crippen LogP contribution in [0.3, 0.4) is 0 Å². The van der Waals surface area contributed by atoms with Crippen LogP contribution in [0.2, 0.25) is 0 Å². The van der Waals surface area contributed by atoms with Crippen LogP contribution in [-0.2, 0) is 0 Å². The number of aromatic nitrogens is 3. The molecule has 0 amide bonds. The lowest BCUT2D eigenvalue weighted by Gasteiger charge is -2.02. The average molecular weight is 282 g/mol. The molecule has 5 heteroatoms. The maximum atomic E-state index is 4.33. The van der Waals surface area contributed by atoms with Gasteiger partial charge in [-0.15, -0.1) is 0 Å². The third kappa shape index (κ3) is 2.76. The zero-order valence-corrected chi connectivity index (χ0v) is 10.4. The highest BCUT2D eigenvalue weighted by Crippen LogP contribution is 2.29. The molecule has 0 atom stereocenters. The third-order valence-corrected chi connectivity index (χ3v) is 3.47. The maximum Gasteiger partial charge on any atom is 0.126 e. The van der Waals surface area contributed by atoms with E-state index in [4.69, 9.17) is 0 Å². The summed E-state index contributed by atoms with van der Waals surface area (Å²) in [5, 5.41) is 1.82. The van der Waals surface area contributed by atoms with Crippen LogP contribution in [0.5, 0.6) is 0 Å². The predicted octanol–water partition coefficient (Wildman–Crippen LogP) is 3.09. The molecule has 0 radical (unpaired) electrons. The molecule has 2 aromatic rings. The van der Waals surface area contributed by atoms with Gasteiger partial charge in [0.2, 0.25) is 0 Å². The molecule has 0 aliphatic carbocycles. The van der Waals surface area contributed by atoms with Gasteiger partial charge in [0.15, 0.2) is 0 Å². The van der Waals surface area contributed by atoms with Crippen LogP contribution in [-0.4, -0.2) is 15.0 Å². The van der Waals surface area contributed by atoms with Gasteiger partial charge in [0.25, 0.3) is 0 Å². The van der Waals surface area contributed by atoms with Crippen molar-refractivity contribution in [3.05, 3.63) is 40.9 Å². The molecular formula is C10H8BrN3S. The van der Waals surface area contributed by atoms with E-state index in [0.717, 1.165) is 20.3 Å². The van der Waals surface area contributed by atoms with Crippen LogP contribution < -0.4 is 0 Å². The number of rotatable bonds is 2. The highest BCUT2D eigenvalue weighted by atomic mass is 79.9. The van der Waals surface area contributed by atoms with E-state index in [-0.39, 0.29) is 0 Å². The van der Waals surface area contributed by atoms with Gasteiger partial charge in [-0.05, 0) is 46.7 Å². The Bertz CT molecular complexity index is 461. The van der Waals surface area contributed by atoms with Crippen LogP contribution in [0, 0.1) is 6.92 Å². The summed E-state index contributed by atoms with van der Waals surface area (Å²) in [4.78, 5) is 12.6. The molecule has 0 bridgehead atoms. The zero-order chi connectivity index (χ0) is 10.7. The van der Waals surface area contributed by atoms with Gasteiger partial charge in [0, 0.05) is 12.4 Å². The standard InChI is InChI=1S/C10H8BrN3S/c1-7-13-6-8(11)10(14-7)15-9-4-2-3-5-12-9/h2-6H,1H3. The van der Waals surface area contributed by atoms with Crippen molar-refractivity contribution >= 4 is 27.7 Å². The number of pyridine rings is 1. The second-order valence-corrected chi connectivity index (χ2v) is 4.70. The number of hydrogen-bond donors (Lipinski definition) is 0. The fourth-order valence-corrected chi connectivity index (χ4v) is 2.23. The van der Waals surface area contributed by atoms with Crippen molar-refractivity contribution in [3.63, 3.8) is 0 Å². The van der Waals surface area contributed by atoms with Crippen molar-refractivity contribution < 1.29 is 0 Å². The molecule has 3 nitrogen and oxygen atoms in total. The van der Waals surface area contributed by atoms with Gasteiger partial charge in [-0.3, -0.25) is 0 Å². The van der Waals surface area contributed by atoms with E-state index in [1.807, 2.05) is 25.1 Å². The summed E-state index contributed by atoms with van der Waals surface area (Å²) in [6, 6.07) is 5.80. The minimum Gasteiger partial charge on any atom is -0.250 e. The lowest BCUT2D eigenvalue weighted by Crippen LogP contribution is -1.90. The van der Waals surface area contributed by atoms with Gasteiger partial charge in [-0.2, -0.15) is 0 Å². The number of hydrogen-bond acceptors (Lipinski definition) is 4. The Kier molecular flexibility index (Phi) is 3.33. The molecule has 0 saturated heterocycles. The molecule has 0 fully saturated rings. The minimum atomic E-state index is 0.761. The van der Waals surface area contributed by atoms with Crippen molar-refractivity contribution in [3.8, 4) is 0 Å². The van der Waals surface area contributed by atoms with Gasteiger partial charge in [-0.25, -0.2) is 15.0 Å². The topological polar surface area (TPSA) is 38.7 Å². The highest BCUT2D eigenvalue weighted by molar-refractivity contribution is 9.10. The quantitative estimate of drug-likeness (QED) is 0.793. The van der Waals surface area contributed by atoms with Gasteiger partial charge in [-0.1, -0.05) is 6.07 Å². The average Bonchev–Trinajstić information content (AvgIpc) is 2.25. The van der Waals surface area contributed by atoms with Crippen LogP contribution in [0.1, 0.15) is 5.82 Å². The Morgan fingerprint density at radius 3 is 2.87 bits per heavy atom. The predicted molar refractivity (Wildman–Crippen MR) is 62.8 cm³/mol. The molecule has 2 heterocycles. The molecule has 0 N–H and O–H groups in total. The summed E-state index contributed by atoms with van der Waals surface area (Å²) in [5.41, 5.74) is 0. The minimum absolute atomic E-state index is 0.761. The molecular weight excluding hydrogens is 274 g/mol. The largest absolute Gasteiger partial charge is 0.250 e. The van der Waals surface area contributed by atoms with Crippen molar-refractivity contribution in [1.29, 1.82) is 0 Å². The first-order chi connectivity index (χ1) is 7.25. The molecule has 0 spiro atoms. The SMILES string of the molecule is Cc1ncc(Br)c(Sc2ccccn2)n1. The molecule has 2 rings (SSSR count). The first-order valence-electron chi connectivity index (χ1n) is 4.34. The van der Waals surface area contributed by atoms with E-state index in [1.54, 1.807) is 12.4 Å². The molecule has 0 aromatic carbocycles. The van der Waals surface area contributed by atoms with Crippen LogP contribution in [0.15, 0.2) is 45.1 Å². The second kappa shape index (κ2) is 4.72. The van der Waals surface area contributed by atoms with Crippen molar-refractivity contribution in [1.82, 2.24) is 15.0 Å². The normalized spacial score (nSPS) is 10.3. The fourth-order valence-electron chi connectivity index (χ4n) is 1.01. The smallest absolute Gasteiger partial charge is 0.126 e. The summed E-state index contributed by atoms with van der Waals surface area (Å²) in [6.07, 6.45) is 3.53. The van der Waals surface area contributed by atoms with E-state index < -0.39 is 0 Å². The van der Waals surface area contributed by atoms with Crippen LogP contribution in [0.25, 0.3) is 0 Å². The maximum absolute atomic E-state index is 4.33. The van der Waals surface area contributed by atoms with Gasteiger partial charge in [0.1, 0.15) is 15.9 Å². The number of aryl methyl sites for hydroxylation is 1. The van der Waals surface area contributed by atoms with Gasteiger partial charge >= 0.3 is 0 Å². The van der Waals surface area contributed by atoms with Crippen LogP contribution >= 0.6 is 27.7 Å². The Morgan fingerprint density at radius 2 is 2.13 bits per heavy atom. The van der Waals surface area contributed by atoms with E-state index in [0.29, 0.717) is 0 Å². The number of halogens is 1. The van der Waals surface area contributed by atoms with Crippen LogP contribution in [0.4, 0.5) is 0 Å². The lowest BCUT2D eigenvalue weighted by atomic mass is 10.5. The molecule has 15 heavy (non-hydrogen) atoms. The molecule has 0 unspecified atom stereocenters. The molecule has 2 aromatic heterocycles. The molecule has 0 aliphatic heterocycles. The summed E-state index contributed by atoms with van der Waals surface area (Å²) in [7, 11) is 0. The Balaban J connectivity index is 2.28. The lowest BCUT2D eigenvalue weighted by molar-refractivity contribution is 0.948. The van der Waals surface area contributed by atoms with Crippen molar-refractivity contribution in [2.75, 3.05) is 0 Å². The Hall–Kier alpha value is -0.940. The molecule has 0 aliphatic rings. The van der Waals surface area contributed by atoms with E-state index in [9.17, 15) is 0 Å². The second-order valence-electron chi connectivity index (χ2n) is 2.84. The zero-order valence-electron chi connectivity index (χ0n) is 8.01. The summed E-state index contributed by atoms with van der Waals surface area (Å²) < 4.78 is 0.892. The Labute approximate surface area is 101 Å².